The zero-order chi connectivity index (χ0) is 13.1. The number of fused-ring (bicyclic) bond motifs is 1. The van der Waals surface area contributed by atoms with Gasteiger partial charge in [-0.05, 0) is 36.5 Å². The Morgan fingerprint density at radius 2 is 1.95 bits per heavy atom. The maximum atomic E-state index is 10.4. The molecule has 2 aromatic rings. The normalized spacial score (nSPS) is 18.4. The lowest BCUT2D eigenvalue weighted by Crippen LogP contribution is -2.40. The third kappa shape index (κ3) is 2.98. The van der Waals surface area contributed by atoms with Crippen LogP contribution in [0.1, 0.15) is 12.8 Å². The quantitative estimate of drug-likeness (QED) is 0.900. The molecule has 100 valence electrons. The zero-order valence-electron chi connectivity index (χ0n) is 10.7. The van der Waals surface area contributed by atoms with Crippen LogP contribution in [0, 0.1) is 0 Å². The molecular formula is C14H17N3OS. The average molecular weight is 275 g/mol. The van der Waals surface area contributed by atoms with Crippen LogP contribution in [0.5, 0.6) is 0 Å². The summed E-state index contributed by atoms with van der Waals surface area (Å²) in [5.74, 6) is 2.79. The second kappa shape index (κ2) is 5.35. The van der Waals surface area contributed by atoms with Crippen LogP contribution in [0.15, 0.2) is 30.5 Å². The number of benzene rings is 1. The van der Waals surface area contributed by atoms with E-state index >= 15 is 0 Å². The molecule has 1 aliphatic rings. The van der Waals surface area contributed by atoms with Crippen LogP contribution < -0.4 is 5.32 Å². The van der Waals surface area contributed by atoms with Gasteiger partial charge >= 0.3 is 0 Å². The van der Waals surface area contributed by atoms with Gasteiger partial charge in [-0.2, -0.15) is 11.8 Å². The van der Waals surface area contributed by atoms with Gasteiger partial charge in [-0.3, -0.25) is 4.98 Å². The second-order valence-electron chi connectivity index (χ2n) is 4.93. The van der Waals surface area contributed by atoms with Crippen molar-refractivity contribution >= 4 is 28.6 Å². The lowest BCUT2D eigenvalue weighted by Gasteiger charge is -2.31. The lowest BCUT2D eigenvalue weighted by atomic mass is 9.97. The van der Waals surface area contributed by atoms with E-state index in [0.29, 0.717) is 6.54 Å². The molecule has 0 amide bonds. The fraction of sp³-hybridized carbons (Fsp3) is 0.429. The molecule has 0 saturated carbocycles. The largest absolute Gasteiger partial charge is 0.388 e. The Kier molecular flexibility index (Phi) is 3.57. The van der Waals surface area contributed by atoms with Gasteiger partial charge in [-0.1, -0.05) is 12.1 Å². The molecule has 19 heavy (non-hydrogen) atoms. The minimum absolute atomic E-state index is 0.542. The van der Waals surface area contributed by atoms with Gasteiger partial charge in [0.2, 0.25) is 0 Å². The van der Waals surface area contributed by atoms with E-state index in [1.807, 2.05) is 36.0 Å². The molecule has 4 nitrogen and oxygen atoms in total. The Morgan fingerprint density at radius 3 is 2.74 bits per heavy atom. The van der Waals surface area contributed by atoms with E-state index in [1.165, 1.54) is 0 Å². The molecule has 1 saturated heterocycles. The van der Waals surface area contributed by atoms with Gasteiger partial charge in [0.25, 0.3) is 0 Å². The fourth-order valence-electron chi connectivity index (χ4n) is 2.23. The molecule has 3 rings (SSSR count). The van der Waals surface area contributed by atoms with Gasteiger partial charge in [0.15, 0.2) is 0 Å². The molecule has 2 N–H and O–H groups in total. The average Bonchev–Trinajstić information content (AvgIpc) is 2.46. The monoisotopic (exact) mass is 275 g/mol. The van der Waals surface area contributed by atoms with Gasteiger partial charge in [-0.15, -0.1) is 0 Å². The summed E-state index contributed by atoms with van der Waals surface area (Å²) in [6.45, 7) is 0.542. The number of aliphatic hydroxyl groups is 1. The predicted molar refractivity (Wildman–Crippen MR) is 79.5 cm³/mol. The number of nitrogens with zero attached hydrogens (tertiary/aromatic N) is 2. The molecule has 0 unspecified atom stereocenters. The fourth-order valence-corrected chi connectivity index (χ4v) is 3.48. The Balaban J connectivity index is 1.71. The summed E-state index contributed by atoms with van der Waals surface area (Å²) in [5.41, 5.74) is 1.16. The summed E-state index contributed by atoms with van der Waals surface area (Å²) < 4.78 is 0. The summed E-state index contributed by atoms with van der Waals surface area (Å²) in [4.78, 5) is 8.86. The Morgan fingerprint density at radius 1 is 1.21 bits per heavy atom. The van der Waals surface area contributed by atoms with Crippen LogP contribution >= 0.6 is 11.8 Å². The third-order valence-corrected chi connectivity index (χ3v) is 4.46. The van der Waals surface area contributed by atoms with Gasteiger partial charge in [0, 0.05) is 6.54 Å². The summed E-state index contributed by atoms with van der Waals surface area (Å²) in [7, 11) is 0. The third-order valence-electron chi connectivity index (χ3n) is 3.47. The number of anilines is 1. The van der Waals surface area contributed by atoms with Gasteiger partial charge in [0.05, 0.1) is 22.8 Å². The summed E-state index contributed by atoms with van der Waals surface area (Å²) in [5, 5.41) is 13.6. The van der Waals surface area contributed by atoms with Crippen LogP contribution in [0.2, 0.25) is 0 Å². The summed E-state index contributed by atoms with van der Waals surface area (Å²) >= 11 is 1.90. The first kappa shape index (κ1) is 12.7. The highest BCUT2D eigenvalue weighted by Crippen LogP contribution is 2.27. The second-order valence-corrected chi connectivity index (χ2v) is 6.16. The van der Waals surface area contributed by atoms with Crippen LogP contribution in [-0.4, -0.2) is 38.7 Å². The van der Waals surface area contributed by atoms with Gasteiger partial charge in [0.1, 0.15) is 5.82 Å². The number of rotatable bonds is 3. The first-order valence-electron chi connectivity index (χ1n) is 6.51. The smallest absolute Gasteiger partial charge is 0.145 e. The van der Waals surface area contributed by atoms with Crippen LogP contribution in [-0.2, 0) is 0 Å². The Hall–Kier alpha value is -1.33. The molecular weight excluding hydrogens is 258 g/mol. The number of thioether (sulfide) groups is 1. The van der Waals surface area contributed by atoms with Crippen LogP contribution in [0.4, 0.5) is 5.82 Å². The van der Waals surface area contributed by atoms with E-state index < -0.39 is 5.60 Å². The van der Waals surface area contributed by atoms with E-state index in [0.717, 1.165) is 41.2 Å². The summed E-state index contributed by atoms with van der Waals surface area (Å²) in [6.07, 6.45) is 3.40. The van der Waals surface area contributed by atoms with Crippen molar-refractivity contribution in [3.05, 3.63) is 30.5 Å². The Labute approximate surface area is 116 Å². The zero-order valence-corrected chi connectivity index (χ0v) is 11.5. The maximum absolute atomic E-state index is 10.4. The topological polar surface area (TPSA) is 58.0 Å². The number of hydrogen-bond donors (Lipinski definition) is 2. The SMILES string of the molecule is OC1(CNc2cnc3ccccc3n2)CCSCC1. The molecule has 0 atom stereocenters. The first-order chi connectivity index (χ1) is 9.25. The van der Waals surface area contributed by atoms with E-state index in [1.54, 1.807) is 6.20 Å². The number of hydrogen-bond acceptors (Lipinski definition) is 5. The van der Waals surface area contributed by atoms with Crippen LogP contribution in [0.25, 0.3) is 11.0 Å². The number of para-hydroxylation sites is 2. The minimum atomic E-state index is -0.599. The van der Waals surface area contributed by atoms with Crippen molar-refractivity contribution in [2.75, 3.05) is 23.4 Å². The van der Waals surface area contributed by atoms with Gasteiger partial charge in [-0.25, -0.2) is 4.98 Å². The maximum Gasteiger partial charge on any atom is 0.145 e. The highest BCUT2D eigenvalue weighted by molar-refractivity contribution is 7.99. The van der Waals surface area contributed by atoms with Crippen molar-refractivity contribution in [1.82, 2.24) is 9.97 Å². The minimum Gasteiger partial charge on any atom is -0.388 e. The van der Waals surface area contributed by atoms with Crippen molar-refractivity contribution in [2.24, 2.45) is 0 Å². The highest BCUT2D eigenvalue weighted by atomic mass is 32.2. The molecule has 0 aliphatic carbocycles. The lowest BCUT2D eigenvalue weighted by molar-refractivity contribution is 0.0453. The van der Waals surface area contributed by atoms with Crippen molar-refractivity contribution in [3.63, 3.8) is 0 Å². The molecule has 0 bridgehead atoms. The van der Waals surface area contributed by atoms with E-state index in [2.05, 4.69) is 15.3 Å². The Bertz CT molecular complexity index is 569. The molecule has 1 aromatic heterocycles. The molecule has 5 heteroatoms. The molecule has 0 spiro atoms. The van der Waals surface area contributed by atoms with Gasteiger partial charge < -0.3 is 10.4 Å². The molecule has 1 fully saturated rings. The molecule has 1 aromatic carbocycles. The van der Waals surface area contributed by atoms with Crippen molar-refractivity contribution < 1.29 is 5.11 Å². The van der Waals surface area contributed by atoms with Crippen LogP contribution in [0.3, 0.4) is 0 Å². The summed E-state index contributed by atoms with van der Waals surface area (Å²) in [6, 6.07) is 7.79. The molecule has 1 aliphatic heterocycles. The van der Waals surface area contributed by atoms with Crippen molar-refractivity contribution in [2.45, 2.75) is 18.4 Å². The number of nitrogens with one attached hydrogen (secondary N) is 1. The highest BCUT2D eigenvalue weighted by Gasteiger charge is 2.29. The van der Waals surface area contributed by atoms with E-state index in [9.17, 15) is 5.11 Å². The standard InChI is InChI=1S/C14H17N3OS/c18-14(5-7-19-8-6-14)10-16-13-9-15-11-3-1-2-4-12(11)17-13/h1-4,9,18H,5-8,10H2,(H,16,17). The molecule has 0 radical (unpaired) electrons. The van der Waals surface area contributed by atoms with E-state index in [4.69, 9.17) is 0 Å². The first-order valence-corrected chi connectivity index (χ1v) is 7.66. The molecule has 2 heterocycles. The number of aromatic nitrogens is 2. The van der Waals surface area contributed by atoms with Crippen molar-refractivity contribution in [1.29, 1.82) is 0 Å². The predicted octanol–water partition coefficient (Wildman–Crippen LogP) is 2.30. The van der Waals surface area contributed by atoms with E-state index in [-0.39, 0.29) is 0 Å². The van der Waals surface area contributed by atoms with Crippen molar-refractivity contribution in [3.8, 4) is 0 Å².